The summed E-state index contributed by atoms with van der Waals surface area (Å²) < 4.78 is 2.18. The third-order valence-corrected chi connectivity index (χ3v) is 3.37. The number of likely N-dealkylation sites (tertiary alicyclic amines) is 1. The molecule has 1 saturated heterocycles. The van der Waals surface area contributed by atoms with Gasteiger partial charge < -0.3 is 9.67 Å². The third-order valence-electron chi connectivity index (χ3n) is 3.37. The minimum Gasteiger partial charge on any atom is -0.396 e. The van der Waals surface area contributed by atoms with Crippen LogP contribution in [0.5, 0.6) is 0 Å². The first-order chi connectivity index (χ1) is 7.83. The zero-order chi connectivity index (χ0) is 11.4. The normalized spacial score (nSPS) is 22.5. The van der Waals surface area contributed by atoms with E-state index in [1.807, 2.05) is 12.4 Å². The number of aliphatic hydroxyl groups is 1. The molecule has 0 saturated carbocycles. The molecule has 1 fully saturated rings. The maximum absolute atomic E-state index is 9.19. The quantitative estimate of drug-likeness (QED) is 0.831. The highest BCUT2D eigenvalue weighted by Gasteiger charge is 2.20. The number of aryl methyl sites for hydroxylation is 1. The van der Waals surface area contributed by atoms with Gasteiger partial charge >= 0.3 is 0 Å². The van der Waals surface area contributed by atoms with Crippen LogP contribution in [0.1, 0.15) is 25.6 Å². The Kier molecular flexibility index (Phi) is 3.96. The van der Waals surface area contributed by atoms with Crippen LogP contribution in [0.15, 0.2) is 12.4 Å². The van der Waals surface area contributed by atoms with E-state index in [0.29, 0.717) is 12.5 Å². The van der Waals surface area contributed by atoms with Gasteiger partial charge in [0.1, 0.15) is 5.82 Å². The molecule has 0 bridgehead atoms. The Morgan fingerprint density at radius 3 is 3.19 bits per heavy atom. The summed E-state index contributed by atoms with van der Waals surface area (Å²) in [5, 5.41) is 9.19. The molecule has 1 N–H and O–H groups in total. The van der Waals surface area contributed by atoms with Crippen molar-refractivity contribution < 1.29 is 5.11 Å². The van der Waals surface area contributed by atoms with E-state index in [9.17, 15) is 5.11 Å². The summed E-state index contributed by atoms with van der Waals surface area (Å²) >= 11 is 0. The van der Waals surface area contributed by atoms with Gasteiger partial charge in [-0.1, -0.05) is 0 Å². The van der Waals surface area contributed by atoms with Gasteiger partial charge in [-0.15, -0.1) is 0 Å². The van der Waals surface area contributed by atoms with E-state index in [1.165, 1.54) is 6.42 Å². The molecule has 1 aromatic rings. The largest absolute Gasteiger partial charge is 0.396 e. The van der Waals surface area contributed by atoms with Crippen molar-refractivity contribution in [1.29, 1.82) is 0 Å². The molecule has 4 heteroatoms. The maximum atomic E-state index is 9.19. The second kappa shape index (κ2) is 5.46. The Hall–Kier alpha value is -0.870. The van der Waals surface area contributed by atoms with E-state index < -0.39 is 0 Å². The second-order valence-electron chi connectivity index (χ2n) is 4.56. The lowest BCUT2D eigenvalue weighted by molar-refractivity contribution is 0.113. The van der Waals surface area contributed by atoms with E-state index in [4.69, 9.17) is 0 Å². The van der Waals surface area contributed by atoms with Crippen molar-refractivity contribution in [2.75, 3.05) is 19.7 Å². The first kappa shape index (κ1) is 11.6. The van der Waals surface area contributed by atoms with Gasteiger partial charge in [0.15, 0.2) is 0 Å². The Morgan fingerprint density at radius 2 is 2.44 bits per heavy atom. The van der Waals surface area contributed by atoms with Gasteiger partial charge in [-0.3, -0.25) is 4.90 Å². The monoisotopic (exact) mass is 223 g/mol. The molecule has 0 aliphatic carbocycles. The Labute approximate surface area is 96.9 Å². The molecule has 2 heterocycles. The van der Waals surface area contributed by atoms with Gasteiger partial charge in [0, 0.05) is 32.1 Å². The number of rotatable bonds is 4. The Bertz CT molecular complexity index is 324. The molecule has 0 amide bonds. The van der Waals surface area contributed by atoms with Crippen molar-refractivity contribution in [3.05, 3.63) is 18.2 Å². The fraction of sp³-hybridized carbons (Fsp3) is 0.750. The molecule has 1 aromatic heterocycles. The zero-order valence-corrected chi connectivity index (χ0v) is 9.97. The van der Waals surface area contributed by atoms with Crippen molar-refractivity contribution in [3.63, 3.8) is 0 Å². The standard InChI is InChI=1S/C12H21N3O/c1-2-15-7-5-13-12(15)9-14-6-3-4-11(8-14)10-16/h5,7,11,16H,2-4,6,8-10H2,1H3. The van der Waals surface area contributed by atoms with E-state index >= 15 is 0 Å². The SMILES string of the molecule is CCn1ccnc1CN1CCCC(CO)C1. The van der Waals surface area contributed by atoms with Gasteiger partial charge in [-0.25, -0.2) is 4.98 Å². The number of hydrogen-bond donors (Lipinski definition) is 1. The molecule has 1 aliphatic heterocycles. The topological polar surface area (TPSA) is 41.3 Å². The van der Waals surface area contributed by atoms with Crippen LogP contribution in [-0.4, -0.2) is 39.3 Å². The highest BCUT2D eigenvalue weighted by molar-refractivity contribution is 4.92. The maximum Gasteiger partial charge on any atom is 0.122 e. The smallest absolute Gasteiger partial charge is 0.122 e. The molecule has 0 spiro atoms. The number of nitrogens with zero attached hydrogens (tertiary/aromatic N) is 3. The number of aromatic nitrogens is 2. The minimum absolute atomic E-state index is 0.318. The molecule has 1 unspecified atom stereocenters. The lowest BCUT2D eigenvalue weighted by Crippen LogP contribution is -2.36. The van der Waals surface area contributed by atoms with Crippen molar-refractivity contribution >= 4 is 0 Å². The first-order valence-corrected chi connectivity index (χ1v) is 6.16. The predicted molar refractivity (Wildman–Crippen MR) is 63.0 cm³/mol. The average Bonchev–Trinajstić information content (AvgIpc) is 2.76. The first-order valence-electron chi connectivity index (χ1n) is 6.16. The van der Waals surface area contributed by atoms with Gasteiger partial charge in [0.2, 0.25) is 0 Å². The van der Waals surface area contributed by atoms with Crippen molar-refractivity contribution in [3.8, 4) is 0 Å². The molecule has 2 rings (SSSR count). The molecular formula is C12H21N3O. The minimum atomic E-state index is 0.318. The molecular weight excluding hydrogens is 202 g/mol. The number of imidazole rings is 1. The molecule has 1 aliphatic rings. The van der Waals surface area contributed by atoms with Crippen LogP contribution in [0.3, 0.4) is 0 Å². The van der Waals surface area contributed by atoms with Crippen LogP contribution in [0, 0.1) is 5.92 Å². The van der Waals surface area contributed by atoms with Crippen LogP contribution in [0.2, 0.25) is 0 Å². The summed E-state index contributed by atoms with van der Waals surface area (Å²) in [5.41, 5.74) is 0. The molecule has 4 nitrogen and oxygen atoms in total. The van der Waals surface area contributed by atoms with Crippen LogP contribution in [0.25, 0.3) is 0 Å². The summed E-state index contributed by atoms with van der Waals surface area (Å²) in [6, 6.07) is 0. The molecule has 16 heavy (non-hydrogen) atoms. The van der Waals surface area contributed by atoms with Crippen LogP contribution >= 0.6 is 0 Å². The molecule has 0 aromatic carbocycles. The third kappa shape index (κ3) is 2.62. The van der Waals surface area contributed by atoms with Gasteiger partial charge in [-0.05, 0) is 32.2 Å². The van der Waals surface area contributed by atoms with E-state index in [2.05, 4.69) is 21.4 Å². The predicted octanol–water partition coefficient (Wildman–Crippen LogP) is 1.11. The van der Waals surface area contributed by atoms with Crippen LogP contribution in [-0.2, 0) is 13.1 Å². The van der Waals surface area contributed by atoms with Crippen molar-refractivity contribution in [2.45, 2.75) is 32.9 Å². The Morgan fingerprint density at radius 1 is 1.56 bits per heavy atom. The Balaban J connectivity index is 1.93. The summed E-state index contributed by atoms with van der Waals surface area (Å²) in [5.74, 6) is 1.60. The van der Waals surface area contributed by atoms with E-state index in [-0.39, 0.29) is 0 Å². The van der Waals surface area contributed by atoms with Crippen LogP contribution < -0.4 is 0 Å². The molecule has 1 atom stereocenters. The average molecular weight is 223 g/mol. The number of hydrogen-bond acceptors (Lipinski definition) is 3. The van der Waals surface area contributed by atoms with Crippen molar-refractivity contribution in [1.82, 2.24) is 14.5 Å². The summed E-state index contributed by atoms with van der Waals surface area (Å²) in [6.07, 6.45) is 6.25. The fourth-order valence-corrected chi connectivity index (χ4v) is 2.42. The highest BCUT2D eigenvalue weighted by atomic mass is 16.3. The summed E-state index contributed by atoms with van der Waals surface area (Å²) in [6.45, 7) is 6.49. The van der Waals surface area contributed by atoms with Gasteiger partial charge in [0.25, 0.3) is 0 Å². The number of aliphatic hydroxyl groups excluding tert-OH is 1. The highest BCUT2D eigenvalue weighted by Crippen LogP contribution is 2.17. The lowest BCUT2D eigenvalue weighted by Gasteiger charge is -2.31. The zero-order valence-electron chi connectivity index (χ0n) is 9.97. The lowest BCUT2D eigenvalue weighted by atomic mass is 9.99. The van der Waals surface area contributed by atoms with Crippen LogP contribution in [0.4, 0.5) is 0 Å². The fourth-order valence-electron chi connectivity index (χ4n) is 2.42. The van der Waals surface area contributed by atoms with Crippen molar-refractivity contribution in [2.24, 2.45) is 5.92 Å². The molecule has 90 valence electrons. The summed E-state index contributed by atoms with van der Waals surface area (Å²) in [7, 11) is 0. The van der Waals surface area contributed by atoms with Gasteiger partial charge in [-0.2, -0.15) is 0 Å². The number of piperidine rings is 1. The van der Waals surface area contributed by atoms with E-state index in [1.54, 1.807) is 0 Å². The van der Waals surface area contributed by atoms with E-state index in [0.717, 1.165) is 38.4 Å². The second-order valence-corrected chi connectivity index (χ2v) is 4.56. The summed E-state index contributed by atoms with van der Waals surface area (Å²) in [4.78, 5) is 6.79. The molecule has 0 radical (unpaired) electrons. The van der Waals surface area contributed by atoms with Gasteiger partial charge in [0.05, 0.1) is 6.54 Å².